The van der Waals surface area contributed by atoms with E-state index >= 15 is 0 Å². The number of halogens is 3. The molecule has 0 aromatic heterocycles. The van der Waals surface area contributed by atoms with Gasteiger partial charge in [-0.05, 0) is 31.3 Å². The van der Waals surface area contributed by atoms with Gasteiger partial charge < -0.3 is 9.80 Å². The summed E-state index contributed by atoms with van der Waals surface area (Å²) in [6, 6.07) is 0. The van der Waals surface area contributed by atoms with Crippen LogP contribution in [0.2, 0.25) is 0 Å². The third-order valence-corrected chi connectivity index (χ3v) is 3.47. The van der Waals surface area contributed by atoms with Gasteiger partial charge in [-0.1, -0.05) is 6.08 Å². The predicted molar refractivity (Wildman–Crippen MR) is 65.7 cm³/mol. The van der Waals surface area contributed by atoms with Gasteiger partial charge in [0.15, 0.2) is 0 Å². The standard InChI is InChI=1S/C13H17F3N2O2/c14-13(15,16)12(20)18-7-1-6-17(8-9-18)11(19)5-4-10-2-3-10/h4-5,10H,1-3,6-9H2/b5-4+. The molecule has 0 atom stereocenters. The van der Waals surface area contributed by atoms with Crippen LogP contribution < -0.4 is 0 Å². The van der Waals surface area contributed by atoms with Gasteiger partial charge in [0.05, 0.1) is 0 Å². The molecule has 1 aliphatic carbocycles. The molecule has 1 saturated heterocycles. The smallest absolute Gasteiger partial charge is 0.337 e. The zero-order chi connectivity index (χ0) is 14.8. The van der Waals surface area contributed by atoms with E-state index in [0.717, 1.165) is 17.7 Å². The molecule has 2 rings (SSSR count). The van der Waals surface area contributed by atoms with E-state index in [2.05, 4.69) is 0 Å². The minimum absolute atomic E-state index is 0.0362. The molecule has 112 valence electrons. The lowest BCUT2D eigenvalue weighted by Gasteiger charge is -2.22. The molecular weight excluding hydrogens is 273 g/mol. The number of carbonyl (C=O) groups is 2. The molecule has 0 radical (unpaired) electrons. The zero-order valence-corrected chi connectivity index (χ0v) is 11.0. The van der Waals surface area contributed by atoms with Gasteiger partial charge in [-0.3, -0.25) is 9.59 Å². The number of alkyl halides is 3. The highest BCUT2D eigenvalue weighted by Gasteiger charge is 2.42. The Morgan fingerprint density at radius 1 is 1.00 bits per heavy atom. The van der Waals surface area contributed by atoms with Crippen LogP contribution in [0.3, 0.4) is 0 Å². The summed E-state index contributed by atoms with van der Waals surface area (Å²) in [7, 11) is 0. The summed E-state index contributed by atoms with van der Waals surface area (Å²) in [6.07, 6.45) is 1.07. The summed E-state index contributed by atoms with van der Waals surface area (Å²) >= 11 is 0. The van der Waals surface area contributed by atoms with Crippen LogP contribution in [-0.2, 0) is 9.59 Å². The molecule has 2 aliphatic rings. The Labute approximate surface area is 115 Å². The Morgan fingerprint density at radius 2 is 1.60 bits per heavy atom. The second-order valence-electron chi connectivity index (χ2n) is 5.17. The Balaban J connectivity index is 1.88. The van der Waals surface area contributed by atoms with Gasteiger partial charge in [0.2, 0.25) is 5.91 Å². The van der Waals surface area contributed by atoms with Crippen LogP contribution >= 0.6 is 0 Å². The lowest BCUT2D eigenvalue weighted by molar-refractivity contribution is -0.185. The van der Waals surface area contributed by atoms with Crippen molar-refractivity contribution in [1.29, 1.82) is 0 Å². The summed E-state index contributed by atoms with van der Waals surface area (Å²) in [4.78, 5) is 25.3. The van der Waals surface area contributed by atoms with Crippen molar-refractivity contribution >= 4 is 11.8 Å². The summed E-state index contributed by atoms with van der Waals surface area (Å²) < 4.78 is 37.1. The van der Waals surface area contributed by atoms with Crippen molar-refractivity contribution in [2.45, 2.75) is 25.4 Å². The first-order valence-corrected chi connectivity index (χ1v) is 6.71. The summed E-state index contributed by atoms with van der Waals surface area (Å²) in [5.41, 5.74) is 0. The fourth-order valence-corrected chi connectivity index (χ4v) is 2.13. The Morgan fingerprint density at radius 3 is 2.20 bits per heavy atom. The predicted octanol–water partition coefficient (Wildman–Crippen LogP) is 1.58. The van der Waals surface area contributed by atoms with E-state index in [1.807, 2.05) is 6.08 Å². The Bertz CT molecular complexity index is 416. The van der Waals surface area contributed by atoms with Gasteiger partial charge in [-0.2, -0.15) is 13.2 Å². The Kier molecular flexibility index (Phi) is 4.35. The van der Waals surface area contributed by atoms with Crippen LogP contribution in [0, 0.1) is 5.92 Å². The molecule has 0 unspecified atom stereocenters. The second-order valence-corrected chi connectivity index (χ2v) is 5.17. The normalized spacial score (nSPS) is 21.1. The maximum absolute atomic E-state index is 12.4. The highest BCUT2D eigenvalue weighted by atomic mass is 19.4. The van der Waals surface area contributed by atoms with Crippen LogP contribution in [0.25, 0.3) is 0 Å². The number of hydrogen-bond acceptors (Lipinski definition) is 2. The summed E-state index contributed by atoms with van der Waals surface area (Å²) in [5.74, 6) is -1.52. The van der Waals surface area contributed by atoms with E-state index in [9.17, 15) is 22.8 Å². The maximum atomic E-state index is 12.4. The maximum Gasteiger partial charge on any atom is 0.471 e. The molecule has 4 nitrogen and oxygen atoms in total. The lowest BCUT2D eigenvalue weighted by Crippen LogP contribution is -2.43. The third kappa shape index (κ3) is 3.98. The van der Waals surface area contributed by atoms with E-state index in [0.29, 0.717) is 18.9 Å². The molecule has 0 N–H and O–H groups in total. The lowest BCUT2D eigenvalue weighted by atomic mass is 10.3. The number of carbonyl (C=O) groups excluding carboxylic acids is 2. The molecule has 0 bridgehead atoms. The molecule has 0 spiro atoms. The molecule has 20 heavy (non-hydrogen) atoms. The molecule has 0 aromatic carbocycles. The van der Waals surface area contributed by atoms with Crippen molar-refractivity contribution in [3.8, 4) is 0 Å². The first kappa shape index (κ1) is 14.9. The van der Waals surface area contributed by atoms with Gasteiger partial charge in [-0.25, -0.2) is 0 Å². The van der Waals surface area contributed by atoms with Crippen LogP contribution in [-0.4, -0.2) is 54.0 Å². The molecule has 1 aliphatic heterocycles. The first-order chi connectivity index (χ1) is 9.38. The topological polar surface area (TPSA) is 40.6 Å². The molecule has 0 aromatic rings. The van der Waals surface area contributed by atoms with Gasteiger partial charge >= 0.3 is 12.1 Å². The highest BCUT2D eigenvalue weighted by molar-refractivity contribution is 5.88. The Hall–Kier alpha value is -1.53. The molecule has 2 fully saturated rings. The SMILES string of the molecule is O=C(/C=C/C1CC1)N1CCCN(C(=O)C(F)(F)F)CC1. The van der Waals surface area contributed by atoms with Crippen molar-refractivity contribution in [2.75, 3.05) is 26.2 Å². The van der Waals surface area contributed by atoms with Crippen molar-refractivity contribution in [1.82, 2.24) is 9.80 Å². The van der Waals surface area contributed by atoms with Gasteiger partial charge in [-0.15, -0.1) is 0 Å². The van der Waals surface area contributed by atoms with E-state index in [1.165, 1.54) is 11.0 Å². The van der Waals surface area contributed by atoms with Crippen molar-refractivity contribution in [3.05, 3.63) is 12.2 Å². The van der Waals surface area contributed by atoms with E-state index < -0.39 is 12.1 Å². The monoisotopic (exact) mass is 290 g/mol. The van der Waals surface area contributed by atoms with E-state index in [1.54, 1.807) is 0 Å². The first-order valence-electron chi connectivity index (χ1n) is 6.71. The molecule has 1 heterocycles. The van der Waals surface area contributed by atoms with Gasteiger partial charge in [0.25, 0.3) is 0 Å². The highest BCUT2D eigenvalue weighted by Crippen LogP contribution is 2.30. The molecule has 7 heteroatoms. The molecule has 2 amide bonds. The minimum atomic E-state index is -4.84. The summed E-state index contributed by atoms with van der Waals surface area (Å²) in [5, 5.41) is 0. The van der Waals surface area contributed by atoms with E-state index in [4.69, 9.17) is 0 Å². The number of rotatable bonds is 2. The van der Waals surface area contributed by atoms with Crippen LogP contribution in [0.1, 0.15) is 19.3 Å². The van der Waals surface area contributed by atoms with Crippen LogP contribution in [0.5, 0.6) is 0 Å². The number of hydrogen-bond donors (Lipinski definition) is 0. The number of nitrogens with zero attached hydrogens (tertiary/aromatic N) is 2. The quantitative estimate of drug-likeness (QED) is 0.724. The second kappa shape index (κ2) is 5.85. The van der Waals surface area contributed by atoms with Crippen LogP contribution in [0.4, 0.5) is 13.2 Å². The van der Waals surface area contributed by atoms with Gasteiger partial charge in [0, 0.05) is 26.2 Å². The number of allylic oxidation sites excluding steroid dienone is 1. The van der Waals surface area contributed by atoms with E-state index in [-0.39, 0.29) is 25.5 Å². The molecular formula is C13H17F3N2O2. The van der Waals surface area contributed by atoms with Gasteiger partial charge in [0.1, 0.15) is 0 Å². The van der Waals surface area contributed by atoms with Crippen molar-refractivity contribution in [2.24, 2.45) is 5.92 Å². The zero-order valence-electron chi connectivity index (χ0n) is 11.0. The largest absolute Gasteiger partial charge is 0.471 e. The third-order valence-electron chi connectivity index (χ3n) is 3.47. The fourth-order valence-electron chi connectivity index (χ4n) is 2.13. The average molecular weight is 290 g/mol. The molecule has 1 saturated carbocycles. The number of amides is 2. The fraction of sp³-hybridized carbons (Fsp3) is 0.692. The van der Waals surface area contributed by atoms with Crippen molar-refractivity contribution < 1.29 is 22.8 Å². The summed E-state index contributed by atoms with van der Waals surface area (Å²) in [6.45, 7) is 0.501. The average Bonchev–Trinajstić information content (AvgIpc) is 3.20. The minimum Gasteiger partial charge on any atom is -0.337 e. The van der Waals surface area contributed by atoms with Crippen molar-refractivity contribution in [3.63, 3.8) is 0 Å². The van der Waals surface area contributed by atoms with Crippen LogP contribution in [0.15, 0.2) is 12.2 Å².